The van der Waals surface area contributed by atoms with Crippen LogP contribution in [0.1, 0.15) is 27.2 Å². The average molecular weight is 422 g/mol. The van der Waals surface area contributed by atoms with Crippen molar-refractivity contribution < 1.29 is 45.8 Å². The molecule has 1 aromatic carbocycles. The fourth-order valence-electron chi connectivity index (χ4n) is 2.24. The quantitative estimate of drug-likeness (QED) is 0.195. The summed E-state index contributed by atoms with van der Waals surface area (Å²) in [7, 11) is 0. The van der Waals surface area contributed by atoms with Crippen molar-refractivity contribution in [1.29, 1.82) is 0 Å². The molecule has 0 aliphatic carbocycles. The number of esters is 1. The van der Waals surface area contributed by atoms with Crippen molar-refractivity contribution >= 4 is 18.0 Å². The molecule has 1 aliphatic heterocycles. The highest BCUT2D eigenvalue weighted by atomic mass is 19.2. The molecule has 1 fully saturated rings. The Morgan fingerprint density at radius 1 is 1.03 bits per heavy atom. The molecule has 1 heterocycles. The molecule has 0 bridgehead atoms. The number of alkyl carbamates (subject to hydrolysis) is 1. The van der Waals surface area contributed by atoms with E-state index >= 15 is 0 Å². The number of amides is 2. The number of ether oxygens (including phenoxy) is 2. The molecule has 29 heavy (non-hydrogen) atoms. The average Bonchev–Trinajstić information content (AvgIpc) is 2.92. The third-order valence-corrected chi connectivity index (χ3v) is 3.39. The number of carbonyl (C=O) groups excluding carboxylic acids is 3. The second kappa shape index (κ2) is 8.05. The molecular formula is C17H15F5N2O5. The van der Waals surface area contributed by atoms with Crippen LogP contribution in [0.3, 0.4) is 0 Å². The van der Waals surface area contributed by atoms with Crippen LogP contribution in [0.15, 0.2) is 11.8 Å². The van der Waals surface area contributed by atoms with Crippen LogP contribution >= 0.6 is 0 Å². The summed E-state index contributed by atoms with van der Waals surface area (Å²) in [6.45, 7) is 4.76. The van der Waals surface area contributed by atoms with Crippen molar-refractivity contribution in [2.45, 2.75) is 38.8 Å². The van der Waals surface area contributed by atoms with Gasteiger partial charge in [0.2, 0.25) is 40.7 Å². The smallest absolute Gasteiger partial charge is 0.408 e. The number of hydrogen-bond donors (Lipinski definition) is 2. The van der Waals surface area contributed by atoms with E-state index in [9.17, 15) is 36.3 Å². The summed E-state index contributed by atoms with van der Waals surface area (Å²) in [5.74, 6) is -15.6. The molecule has 1 aromatic rings. The lowest BCUT2D eigenvalue weighted by molar-refractivity contribution is -0.129. The summed E-state index contributed by atoms with van der Waals surface area (Å²) in [4.78, 5) is 35.2. The molecule has 1 aliphatic rings. The van der Waals surface area contributed by atoms with E-state index in [1.54, 1.807) is 20.8 Å². The van der Waals surface area contributed by atoms with Crippen molar-refractivity contribution in [2.24, 2.45) is 0 Å². The first-order chi connectivity index (χ1) is 13.3. The molecule has 0 saturated carbocycles. The maximum absolute atomic E-state index is 13.6. The summed E-state index contributed by atoms with van der Waals surface area (Å²) in [5, 5.41) is 4.50. The van der Waals surface area contributed by atoms with Gasteiger partial charge in [0, 0.05) is 11.8 Å². The fourth-order valence-corrected chi connectivity index (χ4v) is 2.24. The van der Waals surface area contributed by atoms with E-state index in [0.29, 0.717) is 6.08 Å². The molecule has 2 rings (SSSR count). The number of rotatable bonds is 3. The number of benzene rings is 1. The first-order valence-electron chi connectivity index (χ1n) is 8.04. The van der Waals surface area contributed by atoms with Gasteiger partial charge in [-0.3, -0.25) is 4.79 Å². The maximum Gasteiger partial charge on any atom is 0.408 e. The molecule has 0 spiro atoms. The molecule has 1 atom stereocenters. The van der Waals surface area contributed by atoms with Gasteiger partial charge < -0.3 is 20.1 Å². The normalized spacial score (nSPS) is 17.9. The summed E-state index contributed by atoms with van der Waals surface area (Å²) < 4.78 is 75.7. The van der Waals surface area contributed by atoms with Crippen LogP contribution in [0, 0.1) is 29.1 Å². The van der Waals surface area contributed by atoms with E-state index < -0.39 is 64.4 Å². The van der Waals surface area contributed by atoms with Gasteiger partial charge in [0.1, 0.15) is 5.60 Å². The van der Waals surface area contributed by atoms with Crippen molar-refractivity contribution in [3.05, 3.63) is 40.9 Å². The molecule has 0 unspecified atom stereocenters. The van der Waals surface area contributed by atoms with Crippen LogP contribution in [0.4, 0.5) is 26.7 Å². The van der Waals surface area contributed by atoms with Gasteiger partial charge in [-0.05, 0) is 20.8 Å². The zero-order valence-corrected chi connectivity index (χ0v) is 15.3. The van der Waals surface area contributed by atoms with E-state index in [2.05, 4.69) is 15.4 Å². The Bertz CT molecular complexity index is 881. The standard InChI is InChI=1S/C17H15F5N2O5/c1-17(2,3)29-16(27)24-6-4-8(25)23-7(6)5-9(26)28-15-13(21)11(19)10(18)12(20)14(15)22/h5-6H,4H2,1-3H3,(H,23,25)(H,24,27)/b7-5-/t6-/m1/s1. The third-order valence-electron chi connectivity index (χ3n) is 3.39. The summed E-state index contributed by atoms with van der Waals surface area (Å²) >= 11 is 0. The molecular weight excluding hydrogens is 407 g/mol. The summed E-state index contributed by atoms with van der Waals surface area (Å²) in [6.07, 6.45) is -0.677. The molecule has 2 amide bonds. The number of carbonyl (C=O) groups is 3. The second-order valence-electron chi connectivity index (χ2n) is 6.87. The van der Waals surface area contributed by atoms with Crippen LogP contribution in [-0.4, -0.2) is 29.6 Å². The minimum atomic E-state index is -2.41. The van der Waals surface area contributed by atoms with Crippen LogP contribution < -0.4 is 15.4 Å². The molecule has 0 aromatic heterocycles. The van der Waals surface area contributed by atoms with E-state index in [4.69, 9.17) is 4.74 Å². The Balaban J connectivity index is 2.21. The lowest BCUT2D eigenvalue weighted by Crippen LogP contribution is -2.39. The van der Waals surface area contributed by atoms with Crippen LogP contribution in [0.2, 0.25) is 0 Å². The third kappa shape index (κ3) is 5.21. The maximum atomic E-state index is 13.6. The zero-order chi connectivity index (χ0) is 22.1. The highest BCUT2D eigenvalue weighted by Gasteiger charge is 2.32. The van der Waals surface area contributed by atoms with Crippen molar-refractivity contribution in [3.8, 4) is 5.75 Å². The van der Waals surface area contributed by atoms with E-state index in [1.165, 1.54) is 0 Å². The Hall–Kier alpha value is -3.18. The van der Waals surface area contributed by atoms with Gasteiger partial charge in [0.25, 0.3) is 0 Å². The summed E-state index contributed by atoms with van der Waals surface area (Å²) in [5.41, 5.74) is -1.08. The van der Waals surface area contributed by atoms with Gasteiger partial charge in [0.05, 0.1) is 12.5 Å². The van der Waals surface area contributed by atoms with Gasteiger partial charge >= 0.3 is 12.1 Å². The van der Waals surface area contributed by atoms with Gasteiger partial charge in [-0.1, -0.05) is 0 Å². The Kier molecular flexibility index (Phi) is 6.14. The second-order valence-corrected chi connectivity index (χ2v) is 6.87. The molecule has 2 N–H and O–H groups in total. The lowest BCUT2D eigenvalue weighted by atomic mass is 10.2. The van der Waals surface area contributed by atoms with Gasteiger partial charge in [0.15, 0.2) is 0 Å². The number of halogens is 5. The van der Waals surface area contributed by atoms with Crippen LogP contribution in [0.5, 0.6) is 5.75 Å². The monoisotopic (exact) mass is 422 g/mol. The highest BCUT2D eigenvalue weighted by Crippen LogP contribution is 2.29. The highest BCUT2D eigenvalue weighted by molar-refractivity contribution is 5.90. The number of nitrogens with one attached hydrogen (secondary N) is 2. The predicted molar refractivity (Wildman–Crippen MR) is 85.9 cm³/mol. The first kappa shape index (κ1) is 22.1. The minimum Gasteiger partial charge on any atom is -0.444 e. The van der Waals surface area contributed by atoms with E-state index in [-0.39, 0.29) is 12.1 Å². The fraction of sp³-hybridized carbons (Fsp3) is 0.353. The Labute approximate surface area is 160 Å². The molecule has 158 valence electrons. The molecule has 12 heteroatoms. The van der Waals surface area contributed by atoms with Gasteiger partial charge in [-0.25, -0.2) is 22.8 Å². The lowest BCUT2D eigenvalue weighted by Gasteiger charge is -2.21. The SMILES string of the molecule is CC(C)(C)OC(=O)N[C@@H]1CC(=O)N/C1=C\C(=O)Oc1c(F)c(F)c(F)c(F)c1F. The van der Waals surface area contributed by atoms with E-state index in [0.717, 1.165) is 0 Å². The molecule has 0 radical (unpaired) electrons. The zero-order valence-electron chi connectivity index (χ0n) is 15.3. The van der Waals surface area contributed by atoms with Crippen molar-refractivity contribution in [1.82, 2.24) is 10.6 Å². The van der Waals surface area contributed by atoms with Crippen LogP contribution in [0.25, 0.3) is 0 Å². The first-order valence-corrected chi connectivity index (χ1v) is 8.04. The largest absolute Gasteiger partial charge is 0.444 e. The van der Waals surface area contributed by atoms with Gasteiger partial charge in [-0.15, -0.1) is 0 Å². The molecule has 1 saturated heterocycles. The Morgan fingerprint density at radius 2 is 1.55 bits per heavy atom. The van der Waals surface area contributed by atoms with Crippen molar-refractivity contribution in [3.63, 3.8) is 0 Å². The minimum absolute atomic E-state index is 0.227. The topological polar surface area (TPSA) is 93.7 Å². The molecule has 7 nitrogen and oxygen atoms in total. The van der Waals surface area contributed by atoms with Gasteiger partial charge in [-0.2, -0.15) is 8.78 Å². The van der Waals surface area contributed by atoms with Crippen LogP contribution in [-0.2, 0) is 14.3 Å². The summed E-state index contributed by atoms with van der Waals surface area (Å²) in [6, 6.07) is -1.07. The van der Waals surface area contributed by atoms with E-state index in [1.807, 2.05) is 0 Å². The van der Waals surface area contributed by atoms with Crippen molar-refractivity contribution in [2.75, 3.05) is 0 Å². The number of hydrogen-bond acceptors (Lipinski definition) is 5. The predicted octanol–water partition coefficient (Wildman–Crippen LogP) is 2.58. The Morgan fingerprint density at radius 3 is 2.07 bits per heavy atom.